The number of rotatable bonds is 6. The molecule has 2 aromatic rings. The Bertz CT molecular complexity index is 829. The number of anilines is 1. The van der Waals surface area contributed by atoms with E-state index in [0.717, 1.165) is 31.7 Å². The number of ether oxygens (including phenoxy) is 2. The van der Waals surface area contributed by atoms with Crippen molar-refractivity contribution in [2.75, 3.05) is 44.2 Å². The van der Waals surface area contributed by atoms with E-state index in [0.29, 0.717) is 24.5 Å². The van der Waals surface area contributed by atoms with Crippen LogP contribution in [0.2, 0.25) is 0 Å². The molecular weight excluding hydrogens is 356 g/mol. The Balaban J connectivity index is 1.22. The summed E-state index contributed by atoms with van der Waals surface area (Å²) in [6.45, 7) is 6.63. The van der Waals surface area contributed by atoms with E-state index in [4.69, 9.17) is 9.47 Å². The van der Waals surface area contributed by atoms with Gasteiger partial charge in [0, 0.05) is 50.0 Å². The standard InChI is InChI=1S/C22H26N2O4/c1-16-2-5-18(6-3-16)24-10-8-23(9-11-24)14-19(25)15-27-20-7-4-17-12-22(26)28-21(17)13-20/h2-7,13,19,25H,8-12,14-15H2,1H3/t19-/m0/s1. The van der Waals surface area contributed by atoms with E-state index in [1.165, 1.54) is 11.3 Å². The molecule has 2 heterocycles. The van der Waals surface area contributed by atoms with E-state index in [1.807, 2.05) is 12.1 Å². The second kappa shape index (κ2) is 8.20. The smallest absolute Gasteiger partial charge is 0.315 e. The summed E-state index contributed by atoms with van der Waals surface area (Å²) in [6.07, 6.45) is -0.256. The van der Waals surface area contributed by atoms with Gasteiger partial charge in [-0.15, -0.1) is 0 Å². The number of esters is 1. The van der Waals surface area contributed by atoms with Crippen LogP contribution in [0, 0.1) is 6.92 Å². The zero-order valence-corrected chi connectivity index (χ0v) is 16.1. The van der Waals surface area contributed by atoms with Crippen LogP contribution in [0.4, 0.5) is 5.69 Å². The molecule has 148 valence electrons. The van der Waals surface area contributed by atoms with Gasteiger partial charge in [0.25, 0.3) is 0 Å². The molecule has 0 spiro atoms. The van der Waals surface area contributed by atoms with Crippen LogP contribution in [-0.4, -0.2) is 61.4 Å². The van der Waals surface area contributed by atoms with Crippen molar-refractivity contribution in [3.63, 3.8) is 0 Å². The summed E-state index contributed by atoms with van der Waals surface area (Å²) >= 11 is 0. The number of piperazine rings is 1. The van der Waals surface area contributed by atoms with Crippen molar-refractivity contribution in [3.8, 4) is 11.5 Å². The molecule has 2 aromatic carbocycles. The molecule has 4 rings (SSSR count). The number of nitrogens with zero attached hydrogens (tertiary/aromatic N) is 2. The van der Waals surface area contributed by atoms with Gasteiger partial charge in [-0.2, -0.15) is 0 Å². The Morgan fingerprint density at radius 1 is 1.11 bits per heavy atom. The first-order valence-electron chi connectivity index (χ1n) is 9.75. The minimum absolute atomic E-state index is 0.213. The number of aliphatic hydroxyl groups excluding tert-OH is 1. The van der Waals surface area contributed by atoms with Gasteiger partial charge in [0.2, 0.25) is 0 Å². The number of carbonyl (C=O) groups excluding carboxylic acids is 1. The number of benzene rings is 2. The summed E-state index contributed by atoms with van der Waals surface area (Å²) < 4.78 is 10.8. The van der Waals surface area contributed by atoms with Crippen LogP contribution in [0.15, 0.2) is 42.5 Å². The lowest BCUT2D eigenvalue weighted by Crippen LogP contribution is -2.49. The predicted molar refractivity (Wildman–Crippen MR) is 107 cm³/mol. The number of hydrogen-bond donors (Lipinski definition) is 1. The summed E-state index contributed by atoms with van der Waals surface area (Å²) in [5.41, 5.74) is 3.41. The first kappa shape index (κ1) is 18.8. The van der Waals surface area contributed by atoms with Gasteiger partial charge >= 0.3 is 5.97 Å². The SMILES string of the molecule is Cc1ccc(N2CCN(C[C@H](O)COc3ccc4c(c3)OC(=O)C4)CC2)cc1. The van der Waals surface area contributed by atoms with Crippen molar-refractivity contribution in [2.24, 2.45) is 0 Å². The van der Waals surface area contributed by atoms with Crippen LogP contribution < -0.4 is 14.4 Å². The first-order chi connectivity index (χ1) is 13.6. The van der Waals surface area contributed by atoms with Gasteiger partial charge in [-0.3, -0.25) is 9.69 Å². The van der Waals surface area contributed by atoms with E-state index < -0.39 is 6.10 Å². The summed E-state index contributed by atoms with van der Waals surface area (Å²) in [5.74, 6) is 0.929. The third-order valence-electron chi connectivity index (χ3n) is 5.28. The topological polar surface area (TPSA) is 62.2 Å². The molecule has 0 amide bonds. The fourth-order valence-electron chi connectivity index (χ4n) is 3.67. The van der Waals surface area contributed by atoms with Crippen LogP contribution in [0.5, 0.6) is 11.5 Å². The van der Waals surface area contributed by atoms with Crippen molar-refractivity contribution < 1.29 is 19.4 Å². The summed E-state index contributed by atoms with van der Waals surface area (Å²) in [7, 11) is 0. The van der Waals surface area contributed by atoms with Crippen molar-refractivity contribution in [1.82, 2.24) is 4.90 Å². The van der Waals surface area contributed by atoms with Crippen LogP contribution in [-0.2, 0) is 11.2 Å². The molecule has 28 heavy (non-hydrogen) atoms. The van der Waals surface area contributed by atoms with Gasteiger partial charge in [0.05, 0.1) is 6.42 Å². The predicted octanol–water partition coefficient (Wildman–Crippen LogP) is 2.02. The van der Waals surface area contributed by atoms with E-state index in [-0.39, 0.29) is 12.6 Å². The maximum Gasteiger partial charge on any atom is 0.315 e. The lowest BCUT2D eigenvalue weighted by molar-refractivity contribution is -0.131. The molecule has 0 unspecified atom stereocenters. The van der Waals surface area contributed by atoms with Crippen molar-refractivity contribution in [1.29, 1.82) is 0 Å². The Morgan fingerprint density at radius 3 is 2.61 bits per heavy atom. The number of hydrogen-bond acceptors (Lipinski definition) is 6. The minimum atomic E-state index is -0.568. The lowest BCUT2D eigenvalue weighted by atomic mass is 10.1. The Labute approximate surface area is 165 Å². The lowest BCUT2D eigenvalue weighted by Gasteiger charge is -2.36. The summed E-state index contributed by atoms with van der Waals surface area (Å²) in [6, 6.07) is 14.0. The molecular formula is C22H26N2O4. The zero-order valence-electron chi connectivity index (χ0n) is 16.1. The second-order valence-corrected chi connectivity index (χ2v) is 7.51. The number of aliphatic hydroxyl groups is 1. The highest BCUT2D eigenvalue weighted by Gasteiger charge is 2.22. The largest absolute Gasteiger partial charge is 0.491 e. The Hall–Kier alpha value is -2.57. The van der Waals surface area contributed by atoms with Crippen LogP contribution >= 0.6 is 0 Å². The molecule has 1 fully saturated rings. The fraction of sp³-hybridized carbons (Fsp3) is 0.409. The van der Waals surface area contributed by atoms with Gasteiger partial charge in [0.15, 0.2) is 0 Å². The molecule has 2 aliphatic rings. The molecule has 0 aromatic heterocycles. The molecule has 0 aliphatic carbocycles. The number of fused-ring (bicyclic) bond motifs is 1. The van der Waals surface area contributed by atoms with E-state index in [9.17, 15) is 9.90 Å². The molecule has 6 heteroatoms. The van der Waals surface area contributed by atoms with E-state index in [1.54, 1.807) is 6.07 Å². The van der Waals surface area contributed by atoms with E-state index in [2.05, 4.69) is 41.0 Å². The van der Waals surface area contributed by atoms with Gasteiger partial charge in [-0.25, -0.2) is 0 Å². The van der Waals surface area contributed by atoms with Gasteiger partial charge in [-0.1, -0.05) is 23.8 Å². The minimum Gasteiger partial charge on any atom is -0.491 e. The Kier molecular flexibility index (Phi) is 5.50. The van der Waals surface area contributed by atoms with Gasteiger partial charge in [-0.05, 0) is 25.1 Å². The molecule has 0 saturated carbocycles. The van der Waals surface area contributed by atoms with Crippen molar-refractivity contribution in [2.45, 2.75) is 19.4 Å². The first-order valence-corrected chi connectivity index (χ1v) is 9.75. The molecule has 1 N–H and O–H groups in total. The van der Waals surface area contributed by atoms with Crippen LogP contribution in [0.3, 0.4) is 0 Å². The maximum absolute atomic E-state index is 11.3. The average Bonchev–Trinajstić information content (AvgIpc) is 3.07. The van der Waals surface area contributed by atoms with E-state index >= 15 is 0 Å². The molecule has 2 aliphatic heterocycles. The monoisotopic (exact) mass is 382 g/mol. The average molecular weight is 382 g/mol. The van der Waals surface area contributed by atoms with Gasteiger partial charge < -0.3 is 19.5 Å². The van der Waals surface area contributed by atoms with Crippen molar-refractivity contribution in [3.05, 3.63) is 53.6 Å². The number of β-amino-alcohol motifs (C(OH)–C–C–N with tert-alkyl or cyclic N) is 1. The molecule has 1 atom stereocenters. The third-order valence-corrected chi connectivity index (χ3v) is 5.28. The summed E-state index contributed by atoms with van der Waals surface area (Å²) in [5, 5.41) is 10.3. The van der Waals surface area contributed by atoms with Gasteiger partial charge in [0.1, 0.15) is 24.2 Å². The van der Waals surface area contributed by atoms with Crippen LogP contribution in [0.1, 0.15) is 11.1 Å². The molecule has 1 saturated heterocycles. The van der Waals surface area contributed by atoms with Crippen molar-refractivity contribution >= 4 is 11.7 Å². The van der Waals surface area contributed by atoms with Crippen LogP contribution in [0.25, 0.3) is 0 Å². The number of aryl methyl sites for hydroxylation is 1. The molecule has 0 radical (unpaired) electrons. The third kappa shape index (κ3) is 4.46. The molecule has 6 nitrogen and oxygen atoms in total. The molecule has 0 bridgehead atoms. The number of carbonyl (C=O) groups is 1. The Morgan fingerprint density at radius 2 is 1.86 bits per heavy atom. The fourth-order valence-corrected chi connectivity index (χ4v) is 3.67. The zero-order chi connectivity index (χ0) is 19.5. The second-order valence-electron chi connectivity index (χ2n) is 7.51. The highest BCUT2D eigenvalue weighted by molar-refractivity contribution is 5.81. The highest BCUT2D eigenvalue weighted by Crippen LogP contribution is 2.30. The quantitative estimate of drug-likeness (QED) is 0.609. The maximum atomic E-state index is 11.3. The normalized spacial score (nSPS) is 17.9. The summed E-state index contributed by atoms with van der Waals surface area (Å²) in [4.78, 5) is 16.0. The highest BCUT2D eigenvalue weighted by atomic mass is 16.5.